The number of nitrogens with one attached hydrogen (secondary N) is 2. The first-order valence-electron chi connectivity index (χ1n) is 10.6. The van der Waals surface area contributed by atoms with E-state index in [-0.39, 0.29) is 16.4 Å². The number of hydrogen-bond acceptors (Lipinski definition) is 6. The first-order valence-corrected chi connectivity index (χ1v) is 12.1. The summed E-state index contributed by atoms with van der Waals surface area (Å²) in [6.45, 7) is 1.84. The number of amides is 2. The van der Waals surface area contributed by atoms with Gasteiger partial charge >= 0.3 is 0 Å². The number of rotatable bonds is 6. The van der Waals surface area contributed by atoms with E-state index in [4.69, 9.17) is 0 Å². The molecule has 35 heavy (non-hydrogen) atoms. The highest BCUT2D eigenvalue weighted by Crippen LogP contribution is 2.23. The monoisotopic (exact) mass is 489 g/mol. The second kappa shape index (κ2) is 9.61. The molecule has 178 valence electrons. The van der Waals surface area contributed by atoms with Crippen LogP contribution in [0.5, 0.6) is 0 Å². The SMILES string of the molecule is Cc1ccc(NC(=O)c2cccc(S(=O)(=O)N(C)C)c2)cc1NC(=O)c1ccc2nccnc2c1. The van der Waals surface area contributed by atoms with Crippen LogP contribution in [0.25, 0.3) is 11.0 Å². The fourth-order valence-electron chi connectivity index (χ4n) is 3.35. The molecule has 0 fully saturated rings. The number of benzene rings is 3. The molecule has 0 atom stereocenters. The maximum atomic E-state index is 12.8. The molecule has 0 spiro atoms. The van der Waals surface area contributed by atoms with Gasteiger partial charge in [0.05, 0.1) is 15.9 Å². The summed E-state index contributed by atoms with van der Waals surface area (Å²) in [4.78, 5) is 34.1. The molecular weight excluding hydrogens is 466 g/mol. The molecule has 4 aromatic rings. The molecule has 1 aromatic heterocycles. The van der Waals surface area contributed by atoms with Crippen LogP contribution >= 0.6 is 0 Å². The summed E-state index contributed by atoms with van der Waals surface area (Å²) in [6, 6.07) is 16.0. The number of carbonyl (C=O) groups excluding carboxylic acids is 2. The number of hydrogen-bond donors (Lipinski definition) is 2. The number of anilines is 2. The van der Waals surface area contributed by atoms with Gasteiger partial charge in [-0.05, 0) is 61.0 Å². The van der Waals surface area contributed by atoms with Crippen LogP contribution in [-0.4, -0.2) is 48.6 Å². The van der Waals surface area contributed by atoms with Crippen LogP contribution in [0.3, 0.4) is 0 Å². The summed E-state index contributed by atoms with van der Waals surface area (Å²) in [6.07, 6.45) is 3.15. The Balaban J connectivity index is 1.53. The molecule has 0 bridgehead atoms. The highest BCUT2D eigenvalue weighted by atomic mass is 32.2. The van der Waals surface area contributed by atoms with E-state index in [1.807, 2.05) is 6.92 Å². The van der Waals surface area contributed by atoms with E-state index >= 15 is 0 Å². The van der Waals surface area contributed by atoms with Crippen molar-refractivity contribution in [1.82, 2.24) is 14.3 Å². The highest BCUT2D eigenvalue weighted by Gasteiger charge is 2.19. The van der Waals surface area contributed by atoms with Crippen LogP contribution in [0.2, 0.25) is 0 Å². The van der Waals surface area contributed by atoms with Gasteiger partial charge in [-0.2, -0.15) is 0 Å². The molecule has 0 radical (unpaired) electrons. The Labute approximate surface area is 202 Å². The third-order valence-electron chi connectivity index (χ3n) is 5.35. The highest BCUT2D eigenvalue weighted by molar-refractivity contribution is 7.89. The van der Waals surface area contributed by atoms with Crippen molar-refractivity contribution in [1.29, 1.82) is 0 Å². The van der Waals surface area contributed by atoms with Crippen molar-refractivity contribution in [3.8, 4) is 0 Å². The van der Waals surface area contributed by atoms with E-state index in [9.17, 15) is 18.0 Å². The lowest BCUT2D eigenvalue weighted by molar-refractivity contribution is 0.101. The van der Waals surface area contributed by atoms with Crippen LogP contribution in [0.4, 0.5) is 11.4 Å². The lowest BCUT2D eigenvalue weighted by Crippen LogP contribution is -2.22. The number of aryl methyl sites for hydroxylation is 1. The van der Waals surface area contributed by atoms with E-state index < -0.39 is 15.9 Å². The van der Waals surface area contributed by atoms with Gasteiger partial charge in [-0.1, -0.05) is 12.1 Å². The molecule has 2 N–H and O–H groups in total. The molecule has 0 saturated heterocycles. The summed E-state index contributed by atoms with van der Waals surface area (Å²) >= 11 is 0. The molecule has 0 unspecified atom stereocenters. The molecule has 9 nitrogen and oxygen atoms in total. The average Bonchev–Trinajstić information content (AvgIpc) is 2.85. The molecule has 0 aliphatic carbocycles. The van der Waals surface area contributed by atoms with Gasteiger partial charge in [-0.15, -0.1) is 0 Å². The first kappa shape index (κ1) is 24.0. The molecule has 0 saturated carbocycles. The number of carbonyl (C=O) groups is 2. The van der Waals surface area contributed by atoms with Gasteiger partial charge in [0.2, 0.25) is 10.0 Å². The minimum atomic E-state index is -3.67. The Kier molecular flexibility index (Phi) is 6.59. The van der Waals surface area contributed by atoms with Crippen LogP contribution in [0.1, 0.15) is 26.3 Å². The third kappa shape index (κ3) is 5.18. The predicted octanol–water partition coefficient (Wildman–Crippen LogP) is 3.69. The van der Waals surface area contributed by atoms with Gasteiger partial charge < -0.3 is 10.6 Å². The lowest BCUT2D eigenvalue weighted by Gasteiger charge is -2.13. The van der Waals surface area contributed by atoms with E-state index in [0.717, 1.165) is 9.87 Å². The quantitative estimate of drug-likeness (QED) is 0.426. The molecule has 10 heteroatoms. The summed E-state index contributed by atoms with van der Waals surface area (Å²) < 4.78 is 25.9. The van der Waals surface area contributed by atoms with E-state index in [1.165, 1.54) is 38.4 Å². The van der Waals surface area contributed by atoms with E-state index in [0.29, 0.717) is 28.0 Å². The van der Waals surface area contributed by atoms with Crippen molar-refractivity contribution >= 4 is 44.2 Å². The Hall–Kier alpha value is -4.15. The summed E-state index contributed by atoms with van der Waals surface area (Å²) in [7, 11) is -0.822. The Morgan fingerprint density at radius 3 is 2.23 bits per heavy atom. The average molecular weight is 490 g/mol. The molecular formula is C25H23N5O4S. The second-order valence-corrected chi connectivity index (χ2v) is 10.2. The van der Waals surface area contributed by atoms with Crippen molar-refractivity contribution < 1.29 is 18.0 Å². The van der Waals surface area contributed by atoms with E-state index in [1.54, 1.807) is 48.8 Å². The molecule has 3 aromatic carbocycles. The van der Waals surface area contributed by atoms with Gasteiger partial charge in [-0.25, -0.2) is 12.7 Å². The van der Waals surface area contributed by atoms with Crippen LogP contribution in [0.15, 0.2) is 78.0 Å². The van der Waals surface area contributed by atoms with Crippen molar-refractivity contribution in [3.05, 3.63) is 89.7 Å². The van der Waals surface area contributed by atoms with Crippen LogP contribution in [0, 0.1) is 6.92 Å². The molecule has 1 heterocycles. The maximum absolute atomic E-state index is 12.8. The molecule has 2 amide bonds. The van der Waals surface area contributed by atoms with Crippen LogP contribution in [-0.2, 0) is 10.0 Å². The zero-order valence-electron chi connectivity index (χ0n) is 19.3. The maximum Gasteiger partial charge on any atom is 0.255 e. The largest absolute Gasteiger partial charge is 0.322 e. The smallest absolute Gasteiger partial charge is 0.255 e. The first-order chi connectivity index (χ1) is 16.6. The minimum Gasteiger partial charge on any atom is -0.322 e. The third-order valence-corrected chi connectivity index (χ3v) is 7.16. The van der Waals surface area contributed by atoms with Gasteiger partial charge in [-0.3, -0.25) is 19.6 Å². The molecule has 0 aliphatic rings. The normalized spacial score (nSPS) is 11.4. The number of aromatic nitrogens is 2. The van der Waals surface area contributed by atoms with Gasteiger partial charge in [0.25, 0.3) is 11.8 Å². The summed E-state index contributed by atoms with van der Waals surface area (Å²) in [5, 5.41) is 5.62. The zero-order valence-corrected chi connectivity index (χ0v) is 20.1. The number of nitrogens with zero attached hydrogens (tertiary/aromatic N) is 3. The van der Waals surface area contributed by atoms with Crippen molar-refractivity contribution in [2.75, 3.05) is 24.7 Å². The Bertz CT molecular complexity index is 1550. The van der Waals surface area contributed by atoms with E-state index in [2.05, 4.69) is 20.6 Å². The van der Waals surface area contributed by atoms with Crippen molar-refractivity contribution in [3.63, 3.8) is 0 Å². The molecule has 0 aliphatic heterocycles. The lowest BCUT2D eigenvalue weighted by atomic mass is 10.1. The summed E-state index contributed by atoms with van der Waals surface area (Å²) in [5.74, 6) is -0.805. The number of sulfonamides is 1. The van der Waals surface area contributed by atoms with Gasteiger partial charge in [0, 0.05) is 49.0 Å². The topological polar surface area (TPSA) is 121 Å². The minimum absolute atomic E-state index is 0.0204. The van der Waals surface area contributed by atoms with Crippen LogP contribution < -0.4 is 10.6 Å². The fourth-order valence-corrected chi connectivity index (χ4v) is 4.29. The van der Waals surface area contributed by atoms with Crippen molar-refractivity contribution in [2.24, 2.45) is 0 Å². The summed E-state index contributed by atoms with van der Waals surface area (Å²) in [5.41, 5.74) is 3.68. The Morgan fingerprint density at radius 1 is 0.800 bits per heavy atom. The Morgan fingerprint density at radius 2 is 1.49 bits per heavy atom. The number of fused-ring (bicyclic) bond motifs is 1. The fraction of sp³-hybridized carbons (Fsp3) is 0.120. The van der Waals surface area contributed by atoms with Gasteiger partial charge in [0.1, 0.15) is 0 Å². The second-order valence-electron chi connectivity index (χ2n) is 8.01. The zero-order chi connectivity index (χ0) is 25.2. The van der Waals surface area contributed by atoms with Gasteiger partial charge in [0.15, 0.2) is 0 Å². The van der Waals surface area contributed by atoms with Crippen molar-refractivity contribution in [2.45, 2.75) is 11.8 Å². The predicted molar refractivity (Wildman–Crippen MR) is 134 cm³/mol. The molecule has 4 rings (SSSR count). The standard InChI is InChI=1S/C25H23N5O4S/c1-16-7-9-19(28-24(31)17-5-4-6-20(13-17)35(33,34)30(2)3)15-22(16)29-25(32)18-8-10-21-23(14-18)27-12-11-26-21/h4-15H,1-3H3,(H,28,31)(H,29,32).